The second-order valence-electron chi connectivity index (χ2n) is 9.89. The predicted octanol–water partition coefficient (Wildman–Crippen LogP) is 4.61. The highest BCUT2D eigenvalue weighted by Crippen LogP contribution is 2.31. The molecule has 5 aromatic rings. The molecule has 3 heterocycles. The van der Waals surface area contributed by atoms with Crippen molar-refractivity contribution in [3.8, 4) is 17.1 Å². The summed E-state index contributed by atoms with van der Waals surface area (Å²) in [4.78, 5) is 38.6. The zero-order chi connectivity index (χ0) is 29.8. The third kappa shape index (κ3) is 6.05. The number of aromatic nitrogens is 4. The van der Waals surface area contributed by atoms with Crippen LogP contribution in [-0.2, 0) is 16.1 Å². The van der Waals surface area contributed by atoms with E-state index >= 15 is 0 Å². The van der Waals surface area contributed by atoms with Gasteiger partial charge < -0.3 is 25.0 Å². The van der Waals surface area contributed by atoms with Gasteiger partial charge in [-0.1, -0.05) is 43.3 Å². The molecular formula is C31H31N7O4S. The number of para-hydroxylation sites is 1. The zero-order valence-corrected chi connectivity index (χ0v) is 24.6. The number of methoxy groups -OCH3 is 1. The summed E-state index contributed by atoms with van der Waals surface area (Å²) in [5, 5.41) is 11.8. The third-order valence-corrected chi connectivity index (χ3v) is 8.01. The molecule has 1 aliphatic heterocycles. The van der Waals surface area contributed by atoms with Gasteiger partial charge in [-0.25, -0.2) is 14.8 Å². The third-order valence-electron chi connectivity index (χ3n) is 7.08. The van der Waals surface area contributed by atoms with Crippen LogP contribution in [-0.4, -0.2) is 75.0 Å². The van der Waals surface area contributed by atoms with Crippen LogP contribution in [0.2, 0.25) is 0 Å². The number of nitrogens with zero attached hydrogens (tertiary/aromatic N) is 5. The van der Waals surface area contributed by atoms with Gasteiger partial charge in [0.15, 0.2) is 11.5 Å². The maximum absolute atomic E-state index is 13.2. The lowest BCUT2D eigenvalue weighted by atomic mass is 10.2. The summed E-state index contributed by atoms with van der Waals surface area (Å²) in [7, 11) is 1.62. The Hall–Kier alpha value is -4.84. The normalized spacial score (nSPS) is 15.3. The maximum atomic E-state index is 13.2. The monoisotopic (exact) mass is 597 g/mol. The lowest BCUT2D eigenvalue weighted by molar-refractivity contribution is -0.121. The molecule has 2 N–H and O–H groups in total. The van der Waals surface area contributed by atoms with Gasteiger partial charge in [0, 0.05) is 28.9 Å². The van der Waals surface area contributed by atoms with Gasteiger partial charge in [-0.3, -0.25) is 4.79 Å². The van der Waals surface area contributed by atoms with E-state index < -0.39 is 12.1 Å². The van der Waals surface area contributed by atoms with Crippen molar-refractivity contribution in [3.05, 3.63) is 78.4 Å². The number of hydrogen-bond donors (Lipinski definition) is 2. The van der Waals surface area contributed by atoms with Gasteiger partial charge in [-0.05, 0) is 47.7 Å². The first-order valence-corrected chi connectivity index (χ1v) is 15.0. The Kier molecular flexibility index (Phi) is 8.27. The summed E-state index contributed by atoms with van der Waals surface area (Å²) >= 11 is 1.68. The van der Waals surface area contributed by atoms with Crippen LogP contribution in [0.25, 0.3) is 27.9 Å². The number of rotatable bonds is 8. The topological polar surface area (TPSA) is 123 Å². The van der Waals surface area contributed by atoms with Crippen molar-refractivity contribution in [1.29, 1.82) is 0 Å². The van der Waals surface area contributed by atoms with Crippen LogP contribution in [0.15, 0.2) is 77.7 Å². The van der Waals surface area contributed by atoms with E-state index in [0.717, 1.165) is 38.4 Å². The highest BCUT2D eigenvalue weighted by Gasteiger charge is 2.30. The number of fused-ring (bicyclic) bond motifs is 3. The average molecular weight is 598 g/mol. The summed E-state index contributed by atoms with van der Waals surface area (Å²) in [5.41, 5.74) is 3.05. The number of thioether (sulfide) groups is 1. The number of carbonyl (C=O) groups is 2. The van der Waals surface area contributed by atoms with E-state index in [-0.39, 0.29) is 19.1 Å². The van der Waals surface area contributed by atoms with Gasteiger partial charge in [0.1, 0.15) is 18.4 Å². The van der Waals surface area contributed by atoms with E-state index in [0.29, 0.717) is 30.5 Å². The molecule has 1 atom stereocenters. The molecule has 12 heteroatoms. The Morgan fingerprint density at radius 3 is 2.65 bits per heavy atom. The molecule has 1 aliphatic rings. The minimum absolute atomic E-state index is 0.0893. The van der Waals surface area contributed by atoms with Gasteiger partial charge in [0.25, 0.3) is 0 Å². The smallest absolute Gasteiger partial charge is 0.410 e. The predicted molar refractivity (Wildman–Crippen MR) is 165 cm³/mol. The largest absolute Gasteiger partial charge is 0.497 e. The van der Waals surface area contributed by atoms with Crippen molar-refractivity contribution in [2.75, 3.05) is 37.8 Å². The first-order chi connectivity index (χ1) is 21.0. The fourth-order valence-electron chi connectivity index (χ4n) is 4.91. The van der Waals surface area contributed by atoms with Crippen molar-refractivity contribution < 1.29 is 19.1 Å². The van der Waals surface area contributed by atoms with Crippen LogP contribution in [0.4, 0.5) is 10.7 Å². The van der Waals surface area contributed by atoms with Gasteiger partial charge in [0.2, 0.25) is 11.9 Å². The molecule has 1 fully saturated rings. The summed E-state index contributed by atoms with van der Waals surface area (Å²) in [5.74, 6) is 2.20. The minimum atomic E-state index is -0.806. The molecule has 0 aliphatic carbocycles. The molecule has 2 amide bonds. The fraction of sp³-hybridized carbons (Fsp3) is 0.258. The van der Waals surface area contributed by atoms with Gasteiger partial charge >= 0.3 is 6.09 Å². The van der Waals surface area contributed by atoms with Crippen molar-refractivity contribution in [1.82, 2.24) is 29.8 Å². The van der Waals surface area contributed by atoms with E-state index in [1.54, 1.807) is 23.4 Å². The molecule has 0 radical (unpaired) electrons. The molecule has 2 aromatic heterocycles. The highest BCUT2D eigenvalue weighted by atomic mass is 32.2. The molecule has 0 saturated carbocycles. The van der Waals surface area contributed by atoms with Crippen LogP contribution in [0, 0.1) is 0 Å². The molecule has 0 spiro atoms. The number of nitrogens with one attached hydrogen (secondary N) is 2. The van der Waals surface area contributed by atoms with Gasteiger partial charge in [0.05, 0.1) is 19.2 Å². The Bertz CT molecular complexity index is 1760. The lowest BCUT2D eigenvalue weighted by Crippen LogP contribution is -2.44. The van der Waals surface area contributed by atoms with Crippen LogP contribution in [0.3, 0.4) is 0 Å². The van der Waals surface area contributed by atoms with Crippen molar-refractivity contribution in [2.45, 2.75) is 24.5 Å². The maximum Gasteiger partial charge on any atom is 0.410 e. The summed E-state index contributed by atoms with van der Waals surface area (Å²) in [6.07, 6.45) is -0.493. The van der Waals surface area contributed by atoms with E-state index in [1.807, 2.05) is 72.8 Å². The number of carbonyl (C=O) groups excluding carboxylic acids is 2. The molecule has 220 valence electrons. The highest BCUT2D eigenvalue weighted by molar-refractivity contribution is 7.99. The van der Waals surface area contributed by atoms with E-state index in [4.69, 9.17) is 24.5 Å². The van der Waals surface area contributed by atoms with Gasteiger partial charge in [-0.15, -0.1) is 16.9 Å². The summed E-state index contributed by atoms with van der Waals surface area (Å²) < 4.78 is 12.5. The lowest BCUT2D eigenvalue weighted by Gasteiger charge is -2.23. The quantitative estimate of drug-likeness (QED) is 0.247. The Labute approximate surface area is 252 Å². The molecular weight excluding hydrogens is 566 g/mol. The number of anilines is 1. The molecule has 1 saturated heterocycles. The fourth-order valence-corrected chi connectivity index (χ4v) is 5.69. The Balaban J connectivity index is 1.35. The summed E-state index contributed by atoms with van der Waals surface area (Å²) in [6.45, 7) is 2.95. The van der Waals surface area contributed by atoms with E-state index in [2.05, 4.69) is 17.6 Å². The Morgan fingerprint density at radius 1 is 1.07 bits per heavy atom. The van der Waals surface area contributed by atoms with Crippen LogP contribution < -0.4 is 15.4 Å². The van der Waals surface area contributed by atoms with Crippen molar-refractivity contribution in [2.24, 2.45) is 0 Å². The Morgan fingerprint density at radius 2 is 1.88 bits per heavy atom. The van der Waals surface area contributed by atoms with Crippen LogP contribution in [0.5, 0.6) is 5.75 Å². The molecule has 6 rings (SSSR count). The number of amides is 2. The summed E-state index contributed by atoms with van der Waals surface area (Å²) in [6, 6.07) is 22.1. The van der Waals surface area contributed by atoms with E-state index in [9.17, 15) is 9.59 Å². The second kappa shape index (κ2) is 12.6. The molecule has 43 heavy (non-hydrogen) atoms. The average Bonchev–Trinajstić information content (AvgIpc) is 3.41. The molecule has 0 bridgehead atoms. The second-order valence-corrected chi connectivity index (χ2v) is 11.2. The van der Waals surface area contributed by atoms with Crippen molar-refractivity contribution in [3.63, 3.8) is 0 Å². The number of ether oxygens (including phenoxy) is 2. The number of benzene rings is 3. The minimum Gasteiger partial charge on any atom is -0.497 e. The van der Waals surface area contributed by atoms with Crippen molar-refractivity contribution >= 4 is 46.3 Å². The first kappa shape index (κ1) is 28.3. The van der Waals surface area contributed by atoms with Crippen LogP contribution >= 0.6 is 11.8 Å². The SMILES string of the molecule is CCSc1cccc2c1nc(N[C@@H]1CN(C(=O)OCc3ccccc3)CCNC1=O)n1nc(-c3ccc(OC)cc3)nc21. The molecule has 3 aromatic carbocycles. The zero-order valence-electron chi connectivity index (χ0n) is 23.8. The van der Waals surface area contributed by atoms with E-state index in [1.165, 1.54) is 4.90 Å². The number of hydrogen-bond acceptors (Lipinski definition) is 9. The standard InChI is InChI=1S/C31H31N7O4S/c1-3-43-25-11-7-10-23-26(25)34-30(38-28(23)35-27(36-38)21-12-14-22(41-2)15-13-21)33-24-18-37(17-16-32-29(24)39)31(40)42-19-20-8-5-4-6-9-20/h4-15,24H,3,16-19H2,1-2H3,(H,32,39)(H,33,34)/t24-/m1/s1. The molecule has 0 unspecified atom stereocenters. The molecule has 11 nitrogen and oxygen atoms in total. The van der Waals surface area contributed by atoms with Gasteiger partial charge in [-0.2, -0.15) is 4.52 Å². The first-order valence-electron chi connectivity index (χ1n) is 14.0. The van der Waals surface area contributed by atoms with Crippen LogP contribution in [0.1, 0.15) is 12.5 Å².